The van der Waals surface area contributed by atoms with E-state index in [4.69, 9.17) is 5.53 Å². The smallest absolute Gasteiger partial charge is 0.0775 e. The summed E-state index contributed by atoms with van der Waals surface area (Å²) in [6.45, 7) is 0.430. The van der Waals surface area contributed by atoms with Gasteiger partial charge in [0.2, 0.25) is 0 Å². The van der Waals surface area contributed by atoms with E-state index in [1.165, 1.54) is 5.56 Å². The zero-order valence-electron chi connectivity index (χ0n) is 12.1. The zero-order chi connectivity index (χ0) is 15.4. The minimum Gasteiger partial charge on any atom is -0.391 e. The lowest BCUT2D eigenvalue weighted by Gasteiger charge is -2.28. The average molecular weight is 295 g/mol. The normalized spacial score (nSPS) is 14.3. The van der Waals surface area contributed by atoms with Gasteiger partial charge in [0, 0.05) is 23.3 Å². The Labute approximate surface area is 128 Å². The lowest BCUT2D eigenvalue weighted by Crippen LogP contribution is -2.31. The average Bonchev–Trinajstić information content (AvgIpc) is 2.71. The molecule has 0 fully saturated rings. The molecule has 0 spiro atoms. The summed E-state index contributed by atoms with van der Waals surface area (Å²) in [7, 11) is 0. The van der Waals surface area contributed by atoms with E-state index in [1.807, 2.05) is 24.3 Å². The number of nitrogens with zero attached hydrogens (tertiary/aromatic N) is 5. The Morgan fingerprint density at radius 2 is 2.05 bits per heavy atom. The van der Waals surface area contributed by atoms with Gasteiger partial charge in [-0.1, -0.05) is 23.3 Å². The number of aromatic nitrogens is 1. The molecule has 1 aromatic heterocycles. The molecule has 1 N–H and O–H groups in total. The van der Waals surface area contributed by atoms with Gasteiger partial charge in [0.15, 0.2) is 0 Å². The molecule has 0 bridgehead atoms. The maximum atomic E-state index is 10.1. The maximum absolute atomic E-state index is 10.1. The summed E-state index contributed by atoms with van der Waals surface area (Å²) in [5.74, 6) is 0. The molecule has 0 radical (unpaired) electrons. The van der Waals surface area contributed by atoms with Crippen LogP contribution >= 0.6 is 0 Å². The second-order valence-electron chi connectivity index (χ2n) is 5.28. The summed E-state index contributed by atoms with van der Waals surface area (Å²) >= 11 is 0. The number of rotatable bonds is 4. The van der Waals surface area contributed by atoms with Crippen LogP contribution in [-0.4, -0.2) is 29.3 Å². The van der Waals surface area contributed by atoms with Crippen LogP contribution in [0, 0.1) is 0 Å². The fraction of sp³-hybridized carbons (Fsp3) is 0.312. The molecule has 1 atom stereocenters. The summed E-state index contributed by atoms with van der Waals surface area (Å²) in [6.07, 6.45) is 2.86. The number of hydrogen-bond acceptors (Lipinski definition) is 4. The number of fused-ring (bicyclic) bond motifs is 2. The molecular formula is C16H17N5O. The summed E-state index contributed by atoms with van der Waals surface area (Å²) in [6, 6.07) is 12.1. The van der Waals surface area contributed by atoms with Crippen molar-refractivity contribution in [1.82, 2.24) is 4.98 Å². The van der Waals surface area contributed by atoms with Crippen LogP contribution in [-0.2, 0) is 12.8 Å². The molecule has 0 aliphatic carbocycles. The SMILES string of the molecule is [N-]=[N+]=NC[C@H](O)CN1c2ccccc2CCc2ncccc21. The predicted molar refractivity (Wildman–Crippen MR) is 85.1 cm³/mol. The van der Waals surface area contributed by atoms with Crippen molar-refractivity contribution in [2.75, 3.05) is 18.0 Å². The number of aryl methyl sites for hydroxylation is 2. The fourth-order valence-electron chi connectivity index (χ4n) is 2.83. The number of benzene rings is 1. The molecule has 1 aliphatic rings. The van der Waals surface area contributed by atoms with Gasteiger partial charge in [-0.05, 0) is 42.1 Å². The van der Waals surface area contributed by atoms with Crippen molar-refractivity contribution in [3.05, 3.63) is 64.3 Å². The second kappa shape index (κ2) is 6.47. The standard InChI is InChI=1S/C16H17N5O/c17-20-19-10-13(22)11-21-15-5-2-1-4-12(15)7-8-14-16(21)6-3-9-18-14/h1-6,9,13,22H,7-8,10-11H2/t13-/m0/s1. The van der Waals surface area contributed by atoms with Gasteiger partial charge in [0.05, 0.1) is 24.0 Å². The van der Waals surface area contributed by atoms with E-state index in [-0.39, 0.29) is 6.54 Å². The minimum atomic E-state index is -0.727. The molecular weight excluding hydrogens is 278 g/mol. The van der Waals surface area contributed by atoms with E-state index in [2.05, 4.69) is 32.0 Å². The van der Waals surface area contributed by atoms with Crippen LogP contribution in [0.5, 0.6) is 0 Å². The van der Waals surface area contributed by atoms with Gasteiger partial charge in [-0.15, -0.1) is 0 Å². The van der Waals surface area contributed by atoms with Crippen LogP contribution in [0.4, 0.5) is 11.4 Å². The molecule has 1 aromatic carbocycles. The van der Waals surface area contributed by atoms with Crippen molar-refractivity contribution in [2.24, 2.45) is 5.11 Å². The highest BCUT2D eigenvalue weighted by Crippen LogP contribution is 2.34. The monoisotopic (exact) mass is 295 g/mol. The molecule has 6 heteroatoms. The third-order valence-corrected chi connectivity index (χ3v) is 3.82. The molecule has 0 unspecified atom stereocenters. The molecule has 0 saturated heterocycles. The van der Waals surface area contributed by atoms with E-state index < -0.39 is 6.10 Å². The molecule has 0 saturated carbocycles. The van der Waals surface area contributed by atoms with Crippen molar-refractivity contribution >= 4 is 11.4 Å². The lowest BCUT2D eigenvalue weighted by atomic mass is 10.1. The topological polar surface area (TPSA) is 85.1 Å². The Balaban J connectivity index is 2.00. The Morgan fingerprint density at radius 3 is 2.91 bits per heavy atom. The molecule has 1 aliphatic heterocycles. The van der Waals surface area contributed by atoms with Gasteiger partial charge < -0.3 is 10.0 Å². The van der Waals surface area contributed by atoms with Gasteiger partial charge >= 0.3 is 0 Å². The van der Waals surface area contributed by atoms with Crippen molar-refractivity contribution in [3.63, 3.8) is 0 Å². The first kappa shape index (κ1) is 14.4. The summed E-state index contributed by atoms with van der Waals surface area (Å²) in [5, 5.41) is 13.6. The maximum Gasteiger partial charge on any atom is 0.0775 e. The molecule has 2 heterocycles. The Hall–Kier alpha value is -2.56. The molecule has 6 nitrogen and oxygen atoms in total. The third kappa shape index (κ3) is 2.88. The number of para-hydroxylation sites is 1. The van der Waals surface area contributed by atoms with Crippen molar-refractivity contribution < 1.29 is 5.11 Å². The highest BCUT2D eigenvalue weighted by molar-refractivity contribution is 5.70. The number of azide groups is 1. The molecule has 2 aromatic rings. The van der Waals surface area contributed by atoms with E-state index >= 15 is 0 Å². The van der Waals surface area contributed by atoms with Gasteiger partial charge in [-0.2, -0.15) is 0 Å². The molecule has 112 valence electrons. The summed E-state index contributed by atoms with van der Waals surface area (Å²) in [4.78, 5) is 9.26. The lowest BCUT2D eigenvalue weighted by molar-refractivity contribution is 0.191. The van der Waals surface area contributed by atoms with Crippen LogP contribution in [0.1, 0.15) is 11.3 Å². The zero-order valence-corrected chi connectivity index (χ0v) is 12.1. The molecule has 0 amide bonds. The Kier molecular flexibility index (Phi) is 4.23. The van der Waals surface area contributed by atoms with Gasteiger partial charge in [-0.3, -0.25) is 4.98 Å². The number of pyridine rings is 1. The van der Waals surface area contributed by atoms with E-state index in [0.29, 0.717) is 6.54 Å². The quantitative estimate of drug-likeness (QED) is 0.534. The van der Waals surface area contributed by atoms with Crippen LogP contribution in [0.25, 0.3) is 10.4 Å². The van der Waals surface area contributed by atoms with Crippen LogP contribution < -0.4 is 4.90 Å². The van der Waals surface area contributed by atoms with Gasteiger partial charge in [0.25, 0.3) is 0 Å². The Bertz CT molecular complexity index is 664. The highest BCUT2D eigenvalue weighted by Gasteiger charge is 2.22. The van der Waals surface area contributed by atoms with Crippen molar-refractivity contribution in [1.29, 1.82) is 0 Å². The largest absolute Gasteiger partial charge is 0.391 e. The first-order valence-electron chi connectivity index (χ1n) is 7.28. The summed E-state index contributed by atoms with van der Waals surface area (Å²) < 4.78 is 0. The highest BCUT2D eigenvalue weighted by atomic mass is 16.3. The van der Waals surface area contributed by atoms with E-state index in [1.54, 1.807) is 6.20 Å². The number of aliphatic hydroxyl groups excluding tert-OH is 1. The third-order valence-electron chi connectivity index (χ3n) is 3.82. The number of anilines is 2. The second-order valence-corrected chi connectivity index (χ2v) is 5.28. The van der Waals surface area contributed by atoms with Gasteiger partial charge in [-0.25, -0.2) is 0 Å². The van der Waals surface area contributed by atoms with Gasteiger partial charge in [0.1, 0.15) is 0 Å². The van der Waals surface area contributed by atoms with Crippen LogP contribution in [0.2, 0.25) is 0 Å². The number of hydrogen-bond donors (Lipinski definition) is 1. The number of β-amino-alcohol motifs (C(OH)–C–C–N with tert-alkyl or cyclic N) is 1. The van der Waals surface area contributed by atoms with Crippen molar-refractivity contribution in [2.45, 2.75) is 18.9 Å². The number of aliphatic hydroxyl groups is 1. The first-order valence-corrected chi connectivity index (χ1v) is 7.28. The first-order chi connectivity index (χ1) is 10.8. The van der Waals surface area contributed by atoms with Crippen molar-refractivity contribution in [3.8, 4) is 0 Å². The molecule has 3 rings (SSSR count). The van der Waals surface area contributed by atoms with Crippen LogP contribution in [0.3, 0.4) is 0 Å². The van der Waals surface area contributed by atoms with Crippen LogP contribution in [0.15, 0.2) is 47.7 Å². The molecule has 22 heavy (non-hydrogen) atoms. The summed E-state index contributed by atoms with van der Waals surface area (Å²) in [5.41, 5.74) is 12.7. The van der Waals surface area contributed by atoms with E-state index in [0.717, 1.165) is 29.9 Å². The van der Waals surface area contributed by atoms with E-state index in [9.17, 15) is 5.11 Å². The Morgan fingerprint density at radius 1 is 1.23 bits per heavy atom. The minimum absolute atomic E-state index is 0.0603. The fourth-order valence-corrected chi connectivity index (χ4v) is 2.83. The predicted octanol–water partition coefficient (Wildman–Crippen LogP) is 2.99.